The van der Waals surface area contributed by atoms with Gasteiger partial charge in [-0.2, -0.15) is 0 Å². The third kappa shape index (κ3) is 3.18. The van der Waals surface area contributed by atoms with E-state index in [2.05, 4.69) is 28.6 Å². The lowest BCUT2D eigenvalue weighted by atomic mass is 10.0. The first-order valence-electron chi connectivity index (χ1n) is 7.09. The molecule has 1 amide bonds. The molecule has 0 saturated carbocycles. The lowest BCUT2D eigenvalue weighted by molar-refractivity contribution is -0.117. The van der Waals surface area contributed by atoms with Gasteiger partial charge in [0.1, 0.15) is 11.6 Å². The average Bonchev–Trinajstić information content (AvgIpc) is 2.90. The topological polar surface area (TPSA) is 32.3 Å². The van der Waals surface area contributed by atoms with Gasteiger partial charge in [0, 0.05) is 29.2 Å². The number of nitrogens with zero attached hydrogens (tertiary/aromatic N) is 1. The van der Waals surface area contributed by atoms with Crippen LogP contribution in [0.25, 0.3) is 0 Å². The largest absolute Gasteiger partial charge is 0.325 e. The van der Waals surface area contributed by atoms with Crippen LogP contribution in [0.1, 0.15) is 23.4 Å². The summed E-state index contributed by atoms with van der Waals surface area (Å²) in [5.41, 5.74) is 1.41. The molecule has 0 radical (unpaired) electrons. The van der Waals surface area contributed by atoms with Crippen molar-refractivity contribution in [1.29, 1.82) is 0 Å². The fourth-order valence-electron chi connectivity index (χ4n) is 2.79. The van der Waals surface area contributed by atoms with Gasteiger partial charge in [-0.25, -0.2) is 8.78 Å². The van der Waals surface area contributed by atoms with Gasteiger partial charge in [0.25, 0.3) is 0 Å². The van der Waals surface area contributed by atoms with Gasteiger partial charge in [0.2, 0.25) is 5.91 Å². The molecule has 3 nitrogen and oxygen atoms in total. The summed E-state index contributed by atoms with van der Waals surface area (Å²) in [7, 11) is 0. The molecule has 0 spiro atoms. The van der Waals surface area contributed by atoms with Gasteiger partial charge in [0.15, 0.2) is 0 Å². The quantitative estimate of drug-likeness (QED) is 0.937. The minimum atomic E-state index is -0.704. The molecule has 3 rings (SSSR count). The van der Waals surface area contributed by atoms with Gasteiger partial charge in [-0.1, -0.05) is 0 Å². The smallest absolute Gasteiger partial charge is 0.238 e. The number of anilines is 1. The van der Waals surface area contributed by atoms with Crippen LogP contribution in [0.4, 0.5) is 14.5 Å². The maximum atomic E-state index is 13.1. The fourth-order valence-corrected chi connectivity index (χ4v) is 3.75. The Morgan fingerprint density at radius 2 is 2.09 bits per heavy atom. The number of carbonyl (C=O) groups excluding carboxylic acids is 1. The molecular weight excluding hydrogens is 306 g/mol. The summed E-state index contributed by atoms with van der Waals surface area (Å²) in [6.45, 7) is 3.08. The first-order valence-corrected chi connectivity index (χ1v) is 7.97. The van der Waals surface area contributed by atoms with E-state index in [1.165, 1.54) is 10.4 Å². The Balaban J connectivity index is 1.65. The van der Waals surface area contributed by atoms with Crippen molar-refractivity contribution in [3.8, 4) is 0 Å². The van der Waals surface area contributed by atoms with Crippen molar-refractivity contribution >= 4 is 22.9 Å². The van der Waals surface area contributed by atoms with E-state index in [0.717, 1.165) is 31.2 Å². The van der Waals surface area contributed by atoms with Crippen LogP contribution in [0.2, 0.25) is 0 Å². The Hall–Kier alpha value is -1.79. The monoisotopic (exact) mass is 322 g/mol. The molecule has 22 heavy (non-hydrogen) atoms. The van der Waals surface area contributed by atoms with Gasteiger partial charge in [-0.3, -0.25) is 9.69 Å². The molecule has 1 aromatic heterocycles. The molecule has 2 aromatic rings. The summed E-state index contributed by atoms with van der Waals surface area (Å²) in [4.78, 5) is 15.5. The predicted molar refractivity (Wildman–Crippen MR) is 83.0 cm³/mol. The maximum Gasteiger partial charge on any atom is 0.238 e. The molecule has 0 saturated heterocycles. The van der Waals surface area contributed by atoms with Gasteiger partial charge >= 0.3 is 0 Å². The first-order chi connectivity index (χ1) is 10.5. The highest BCUT2D eigenvalue weighted by Gasteiger charge is 2.26. The highest BCUT2D eigenvalue weighted by atomic mass is 32.1. The summed E-state index contributed by atoms with van der Waals surface area (Å²) in [5.74, 6) is -1.68. The molecule has 0 unspecified atom stereocenters. The maximum absolute atomic E-state index is 13.1. The number of nitrogens with one attached hydrogen (secondary N) is 1. The van der Waals surface area contributed by atoms with E-state index in [0.29, 0.717) is 0 Å². The summed E-state index contributed by atoms with van der Waals surface area (Å²) < 4.78 is 26.3. The number of carbonyl (C=O) groups is 1. The molecule has 1 N–H and O–H groups in total. The van der Waals surface area contributed by atoms with Gasteiger partial charge in [-0.15, -0.1) is 11.3 Å². The molecule has 6 heteroatoms. The lowest BCUT2D eigenvalue weighted by Crippen LogP contribution is -2.39. The van der Waals surface area contributed by atoms with Crippen LogP contribution >= 0.6 is 11.3 Å². The lowest BCUT2D eigenvalue weighted by Gasteiger charge is -2.32. The van der Waals surface area contributed by atoms with Crippen molar-refractivity contribution in [2.24, 2.45) is 0 Å². The molecule has 0 fully saturated rings. The van der Waals surface area contributed by atoms with E-state index in [1.807, 2.05) is 0 Å². The molecule has 1 aliphatic heterocycles. The Bertz CT molecular complexity index is 681. The van der Waals surface area contributed by atoms with Crippen molar-refractivity contribution in [3.05, 3.63) is 51.7 Å². The van der Waals surface area contributed by atoms with Crippen molar-refractivity contribution < 1.29 is 13.6 Å². The molecule has 2 heterocycles. The number of thiophene rings is 1. The Kier molecular flexibility index (Phi) is 4.22. The second-order valence-corrected chi connectivity index (χ2v) is 6.40. The van der Waals surface area contributed by atoms with E-state index in [1.54, 1.807) is 11.3 Å². The Labute approximate surface area is 131 Å². The zero-order chi connectivity index (χ0) is 15.7. The predicted octanol–water partition coefficient (Wildman–Crippen LogP) is 3.58. The molecule has 0 bridgehead atoms. The van der Waals surface area contributed by atoms with E-state index in [4.69, 9.17) is 0 Å². The molecule has 1 atom stereocenters. The molecule has 1 aliphatic rings. The fraction of sp³-hybridized carbons (Fsp3) is 0.312. The second kappa shape index (κ2) is 6.14. The highest BCUT2D eigenvalue weighted by molar-refractivity contribution is 7.10. The molecular formula is C16H16F2N2OS. The van der Waals surface area contributed by atoms with Crippen LogP contribution in [0, 0.1) is 11.6 Å². The third-order valence-corrected chi connectivity index (χ3v) is 4.89. The van der Waals surface area contributed by atoms with Crippen molar-refractivity contribution in [1.82, 2.24) is 4.90 Å². The number of fused-ring (bicyclic) bond motifs is 1. The van der Waals surface area contributed by atoms with Crippen molar-refractivity contribution in [3.63, 3.8) is 0 Å². The second-order valence-electron chi connectivity index (χ2n) is 5.40. The van der Waals surface area contributed by atoms with Gasteiger partial charge < -0.3 is 5.32 Å². The summed E-state index contributed by atoms with van der Waals surface area (Å²) in [5, 5.41) is 4.62. The SMILES string of the molecule is C[C@@H]1c2ccsc2CCN1CC(=O)Nc1cc(F)cc(F)c1. The zero-order valence-corrected chi connectivity index (χ0v) is 12.9. The number of hydrogen-bond acceptors (Lipinski definition) is 3. The number of amides is 1. The minimum absolute atomic E-state index is 0.142. The Morgan fingerprint density at radius 3 is 2.82 bits per heavy atom. The van der Waals surface area contributed by atoms with Crippen LogP contribution < -0.4 is 5.32 Å². The van der Waals surface area contributed by atoms with Crippen LogP contribution in [0.3, 0.4) is 0 Å². The molecule has 0 aliphatic carbocycles. The van der Waals surface area contributed by atoms with Crippen LogP contribution in [0.15, 0.2) is 29.6 Å². The van der Waals surface area contributed by atoms with Crippen LogP contribution in [-0.2, 0) is 11.2 Å². The summed E-state index contributed by atoms with van der Waals surface area (Å²) in [6, 6.07) is 5.26. The van der Waals surface area contributed by atoms with Gasteiger partial charge in [-0.05, 0) is 42.5 Å². The standard InChI is InChI=1S/C16H16F2N2OS/c1-10-14-3-5-22-15(14)2-4-20(10)9-16(21)19-13-7-11(17)6-12(18)8-13/h3,5-8,10H,2,4,9H2,1H3,(H,19,21)/t10-/m1/s1. The Morgan fingerprint density at radius 1 is 1.36 bits per heavy atom. The average molecular weight is 322 g/mol. The van der Waals surface area contributed by atoms with E-state index in [9.17, 15) is 13.6 Å². The van der Waals surface area contributed by atoms with Crippen molar-refractivity contribution in [2.75, 3.05) is 18.4 Å². The third-order valence-electron chi connectivity index (χ3n) is 3.90. The highest BCUT2D eigenvalue weighted by Crippen LogP contribution is 2.32. The van der Waals surface area contributed by atoms with Crippen LogP contribution in [0.5, 0.6) is 0 Å². The number of hydrogen-bond donors (Lipinski definition) is 1. The summed E-state index contributed by atoms with van der Waals surface area (Å²) in [6.07, 6.45) is 0.930. The van der Waals surface area contributed by atoms with Crippen LogP contribution in [-0.4, -0.2) is 23.9 Å². The van der Waals surface area contributed by atoms with E-state index >= 15 is 0 Å². The molecule has 116 valence electrons. The number of benzene rings is 1. The normalized spacial score (nSPS) is 18.0. The number of rotatable bonds is 3. The van der Waals surface area contributed by atoms with E-state index < -0.39 is 11.6 Å². The van der Waals surface area contributed by atoms with Gasteiger partial charge in [0.05, 0.1) is 6.54 Å². The summed E-state index contributed by atoms with van der Waals surface area (Å²) >= 11 is 1.75. The molecule has 1 aromatic carbocycles. The minimum Gasteiger partial charge on any atom is -0.325 e. The first kappa shape index (κ1) is 15.1. The van der Waals surface area contributed by atoms with E-state index in [-0.39, 0.29) is 24.2 Å². The van der Waals surface area contributed by atoms with Crippen molar-refractivity contribution in [2.45, 2.75) is 19.4 Å². The number of halogens is 2. The zero-order valence-electron chi connectivity index (χ0n) is 12.1.